The molecule has 2 aliphatic rings. The van der Waals surface area contributed by atoms with Gasteiger partial charge in [-0.15, -0.1) is 0 Å². The first-order chi connectivity index (χ1) is 9.06. The third kappa shape index (κ3) is 4.18. The van der Waals surface area contributed by atoms with Gasteiger partial charge in [0.15, 0.2) is 0 Å². The highest BCUT2D eigenvalue weighted by Gasteiger charge is 2.30. The largest absolute Gasteiger partial charge is 0.481 e. The van der Waals surface area contributed by atoms with Crippen molar-refractivity contribution < 1.29 is 14.6 Å². The third-order valence-electron chi connectivity index (χ3n) is 4.55. The highest BCUT2D eigenvalue weighted by atomic mass is 16.5. The van der Waals surface area contributed by atoms with Crippen molar-refractivity contribution in [3.8, 4) is 0 Å². The average molecular weight is 269 g/mol. The van der Waals surface area contributed by atoms with Crippen molar-refractivity contribution in [3.05, 3.63) is 0 Å². The molecule has 2 fully saturated rings. The van der Waals surface area contributed by atoms with Crippen LogP contribution in [0.5, 0.6) is 0 Å². The molecule has 19 heavy (non-hydrogen) atoms. The molecule has 0 radical (unpaired) electrons. The summed E-state index contributed by atoms with van der Waals surface area (Å²) >= 11 is 0. The minimum Gasteiger partial charge on any atom is -0.481 e. The molecule has 110 valence electrons. The van der Waals surface area contributed by atoms with E-state index in [2.05, 4.69) is 19.2 Å². The fourth-order valence-corrected chi connectivity index (χ4v) is 3.34. The quantitative estimate of drug-likeness (QED) is 0.823. The van der Waals surface area contributed by atoms with Crippen molar-refractivity contribution in [2.45, 2.75) is 70.6 Å². The van der Waals surface area contributed by atoms with Gasteiger partial charge in [0.05, 0.1) is 12.0 Å². The summed E-state index contributed by atoms with van der Waals surface area (Å²) in [5, 5.41) is 12.8. The second-order valence-electron chi connectivity index (χ2n) is 6.44. The van der Waals surface area contributed by atoms with E-state index in [9.17, 15) is 4.79 Å². The SMILES string of the molecule is CC(C)C1CC(NC2CCCC(C(=O)O)C2)CCO1. The average Bonchev–Trinajstić information content (AvgIpc) is 2.39. The molecule has 4 atom stereocenters. The molecule has 0 spiro atoms. The van der Waals surface area contributed by atoms with Crippen LogP contribution in [0.2, 0.25) is 0 Å². The van der Waals surface area contributed by atoms with Crippen LogP contribution in [0.1, 0.15) is 52.4 Å². The molecule has 1 aliphatic heterocycles. The van der Waals surface area contributed by atoms with E-state index in [0.717, 1.165) is 45.1 Å². The first-order valence-corrected chi connectivity index (χ1v) is 7.66. The first kappa shape index (κ1) is 14.8. The molecule has 1 saturated carbocycles. The first-order valence-electron chi connectivity index (χ1n) is 7.66. The molecule has 0 bridgehead atoms. The predicted octanol–water partition coefficient (Wildman–Crippen LogP) is 2.42. The third-order valence-corrected chi connectivity index (χ3v) is 4.55. The molecule has 0 aromatic heterocycles. The number of rotatable bonds is 4. The summed E-state index contributed by atoms with van der Waals surface area (Å²) in [6.45, 7) is 5.23. The molecular formula is C15H27NO3. The Kier molecular flexibility index (Phi) is 5.22. The lowest BCUT2D eigenvalue weighted by Gasteiger charge is -2.36. The molecule has 2 rings (SSSR count). The van der Waals surface area contributed by atoms with Crippen molar-refractivity contribution in [2.75, 3.05) is 6.61 Å². The van der Waals surface area contributed by atoms with Crippen LogP contribution in [-0.4, -0.2) is 35.9 Å². The van der Waals surface area contributed by atoms with Gasteiger partial charge in [-0.3, -0.25) is 4.79 Å². The zero-order chi connectivity index (χ0) is 13.8. The van der Waals surface area contributed by atoms with Gasteiger partial charge in [0, 0.05) is 18.7 Å². The normalized spacial score (nSPS) is 36.4. The minimum atomic E-state index is -0.626. The van der Waals surface area contributed by atoms with E-state index in [-0.39, 0.29) is 5.92 Å². The number of carbonyl (C=O) groups is 1. The summed E-state index contributed by atoms with van der Waals surface area (Å²) in [4.78, 5) is 11.1. The van der Waals surface area contributed by atoms with Crippen LogP contribution in [0.4, 0.5) is 0 Å². The van der Waals surface area contributed by atoms with Crippen molar-refractivity contribution in [1.29, 1.82) is 0 Å². The second kappa shape index (κ2) is 6.71. The Labute approximate surface area is 115 Å². The molecular weight excluding hydrogens is 242 g/mol. The van der Waals surface area contributed by atoms with Crippen molar-refractivity contribution >= 4 is 5.97 Å². The summed E-state index contributed by atoms with van der Waals surface area (Å²) in [5.41, 5.74) is 0. The van der Waals surface area contributed by atoms with E-state index >= 15 is 0 Å². The fraction of sp³-hybridized carbons (Fsp3) is 0.933. The molecule has 2 N–H and O–H groups in total. The lowest BCUT2D eigenvalue weighted by molar-refractivity contribution is -0.143. The highest BCUT2D eigenvalue weighted by molar-refractivity contribution is 5.70. The molecule has 4 heteroatoms. The Hall–Kier alpha value is -0.610. The summed E-state index contributed by atoms with van der Waals surface area (Å²) in [6.07, 6.45) is 6.25. The molecule has 1 heterocycles. The smallest absolute Gasteiger partial charge is 0.306 e. The van der Waals surface area contributed by atoms with Crippen LogP contribution >= 0.6 is 0 Å². The molecule has 4 nitrogen and oxygen atoms in total. The maximum Gasteiger partial charge on any atom is 0.306 e. The number of hydrogen-bond donors (Lipinski definition) is 2. The van der Waals surface area contributed by atoms with E-state index in [1.165, 1.54) is 0 Å². The van der Waals surface area contributed by atoms with Crippen molar-refractivity contribution in [1.82, 2.24) is 5.32 Å². The standard InChI is InChI=1S/C15H27NO3/c1-10(2)14-9-13(6-7-19-14)16-12-5-3-4-11(8-12)15(17)18/h10-14,16H,3-9H2,1-2H3,(H,17,18). The van der Waals surface area contributed by atoms with Gasteiger partial charge in [-0.25, -0.2) is 0 Å². The molecule has 4 unspecified atom stereocenters. The zero-order valence-electron chi connectivity index (χ0n) is 12.1. The van der Waals surface area contributed by atoms with Crippen LogP contribution in [-0.2, 0) is 9.53 Å². The lowest BCUT2D eigenvalue weighted by Crippen LogP contribution is -2.47. The van der Waals surface area contributed by atoms with Crippen LogP contribution in [0.15, 0.2) is 0 Å². The Balaban J connectivity index is 1.81. The van der Waals surface area contributed by atoms with Crippen molar-refractivity contribution in [3.63, 3.8) is 0 Å². The van der Waals surface area contributed by atoms with E-state index in [1.807, 2.05) is 0 Å². The number of ether oxygens (including phenoxy) is 1. The van der Waals surface area contributed by atoms with Gasteiger partial charge in [-0.2, -0.15) is 0 Å². The monoisotopic (exact) mass is 269 g/mol. The van der Waals surface area contributed by atoms with E-state index in [1.54, 1.807) is 0 Å². The predicted molar refractivity (Wildman–Crippen MR) is 74.1 cm³/mol. The summed E-state index contributed by atoms with van der Waals surface area (Å²) in [5.74, 6) is -0.215. The summed E-state index contributed by atoms with van der Waals surface area (Å²) < 4.78 is 5.78. The van der Waals surface area contributed by atoms with E-state index in [0.29, 0.717) is 24.1 Å². The van der Waals surface area contributed by atoms with Crippen molar-refractivity contribution in [2.24, 2.45) is 11.8 Å². The van der Waals surface area contributed by atoms with Crippen LogP contribution in [0.3, 0.4) is 0 Å². The molecule has 0 aromatic rings. The molecule has 1 saturated heterocycles. The lowest BCUT2D eigenvalue weighted by atomic mass is 9.84. The number of carboxylic acids is 1. The van der Waals surface area contributed by atoms with Gasteiger partial charge < -0.3 is 15.2 Å². The highest BCUT2D eigenvalue weighted by Crippen LogP contribution is 2.27. The van der Waals surface area contributed by atoms with Gasteiger partial charge in [0.2, 0.25) is 0 Å². The van der Waals surface area contributed by atoms with Crippen LogP contribution in [0, 0.1) is 11.8 Å². The van der Waals surface area contributed by atoms with Gasteiger partial charge >= 0.3 is 5.97 Å². The van der Waals surface area contributed by atoms with Gasteiger partial charge in [-0.05, 0) is 38.0 Å². The summed E-state index contributed by atoms with van der Waals surface area (Å²) in [7, 11) is 0. The maximum absolute atomic E-state index is 11.1. The van der Waals surface area contributed by atoms with Crippen LogP contribution in [0.25, 0.3) is 0 Å². The Morgan fingerprint density at radius 1 is 1.21 bits per heavy atom. The number of hydrogen-bond acceptors (Lipinski definition) is 3. The number of nitrogens with one attached hydrogen (secondary N) is 1. The minimum absolute atomic E-state index is 0.146. The molecule has 1 aliphatic carbocycles. The zero-order valence-corrected chi connectivity index (χ0v) is 12.1. The van der Waals surface area contributed by atoms with E-state index < -0.39 is 5.97 Å². The Morgan fingerprint density at radius 3 is 2.63 bits per heavy atom. The molecule has 0 amide bonds. The van der Waals surface area contributed by atoms with Gasteiger partial charge in [0.1, 0.15) is 0 Å². The number of carboxylic acid groups (broad SMARTS) is 1. The molecule has 0 aromatic carbocycles. The summed E-state index contributed by atoms with van der Waals surface area (Å²) in [6, 6.07) is 0.879. The Bertz CT molecular complexity index is 306. The topological polar surface area (TPSA) is 58.6 Å². The van der Waals surface area contributed by atoms with Crippen LogP contribution < -0.4 is 5.32 Å². The number of aliphatic carboxylic acids is 1. The Morgan fingerprint density at radius 2 is 1.95 bits per heavy atom. The van der Waals surface area contributed by atoms with Gasteiger partial charge in [-0.1, -0.05) is 20.3 Å². The second-order valence-corrected chi connectivity index (χ2v) is 6.44. The van der Waals surface area contributed by atoms with Gasteiger partial charge in [0.25, 0.3) is 0 Å². The van der Waals surface area contributed by atoms with E-state index in [4.69, 9.17) is 9.84 Å². The fourth-order valence-electron chi connectivity index (χ4n) is 3.34. The maximum atomic E-state index is 11.1.